The topological polar surface area (TPSA) is 38.1 Å². The summed E-state index contributed by atoms with van der Waals surface area (Å²) in [6.07, 6.45) is 11.9. The molecule has 1 aliphatic rings. The molecule has 0 amide bonds. The average molecular weight is 236 g/mol. The number of aliphatic hydroxyl groups excluding tert-OH is 1. The van der Waals surface area contributed by atoms with E-state index in [1.165, 1.54) is 44.2 Å². The van der Waals surface area contributed by atoms with Crippen molar-refractivity contribution in [2.24, 2.45) is 0 Å². The van der Waals surface area contributed by atoms with Crippen LogP contribution in [0.3, 0.4) is 0 Å². The minimum absolute atomic E-state index is 0.127. The Morgan fingerprint density at radius 1 is 1.29 bits per heavy atom. The maximum Gasteiger partial charge on any atom is 0.0715 e. The lowest BCUT2D eigenvalue weighted by molar-refractivity contribution is 0.279. The first-order chi connectivity index (χ1) is 8.36. The summed E-state index contributed by atoms with van der Waals surface area (Å²) in [6.45, 7) is 2.31. The van der Waals surface area contributed by atoms with Gasteiger partial charge in [0.25, 0.3) is 0 Å². The van der Waals surface area contributed by atoms with E-state index >= 15 is 0 Å². The largest absolute Gasteiger partial charge is 0.392 e. The zero-order chi connectivity index (χ0) is 12.1. The van der Waals surface area contributed by atoms with Crippen molar-refractivity contribution >= 4 is 0 Å². The highest BCUT2D eigenvalue weighted by atomic mass is 16.3. The molecule has 96 valence electrons. The zero-order valence-corrected chi connectivity index (χ0v) is 10.9. The fourth-order valence-corrected chi connectivity index (χ4v) is 2.88. The SMILES string of the molecule is CCCc1c(CO)cnn1C1CCCCCC1. The van der Waals surface area contributed by atoms with Crippen LogP contribution in [0.15, 0.2) is 6.20 Å². The summed E-state index contributed by atoms with van der Waals surface area (Å²) >= 11 is 0. The molecule has 1 fully saturated rings. The second-order valence-corrected chi connectivity index (χ2v) is 5.11. The highest BCUT2D eigenvalue weighted by Crippen LogP contribution is 2.29. The molecule has 1 N–H and O–H groups in total. The first-order valence-corrected chi connectivity index (χ1v) is 7.03. The van der Waals surface area contributed by atoms with Crippen LogP contribution in [0.4, 0.5) is 0 Å². The number of hydrogen-bond donors (Lipinski definition) is 1. The molecular formula is C14H24N2O. The minimum Gasteiger partial charge on any atom is -0.392 e. The Labute approximate surface area is 104 Å². The van der Waals surface area contributed by atoms with Crippen molar-refractivity contribution < 1.29 is 5.11 Å². The van der Waals surface area contributed by atoms with Crippen LogP contribution in [0.25, 0.3) is 0 Å². The molecule has 0 radical (unpaired) electrons. The smallest absolute Gasteiger partial charge is 0.0715 e. The highest BCUT2D eigenvalue weighted by Gasteiger charge is 2.19. The Hall–Kier alpha value is -0.830. The van der Waals surface area contributed by atoms with Crippen molar-refractivity contribution in [2.45, 2.75) is 70.9 Å². The summed E-state index contributed by atoms with van der Waals surface area (Å²) in [6, 6.07) is 0.569. The van der Waals surface area contributed by atoms with Gasteiger partial charge in [-0.3, -0.25) is 4.68 Å². The molecule has 0 bridgehead atoms. The van der Waals surface area contributed by atoms with Crippen molar-refractivity contribution in [3.63, 3.8) is 0 Å². The van der Waals surface area contributed by atoms with Crippen LogP contribution in [0.1, 0.15) is 69.2 Å². The monoisotopic (exact) mass is 236 g/mol. The van der Waals surface area contributed by atoms with Gasteiger partial charge in [0.1, 0.15) is 0 Å². The second-order valence-electron chi connectivity index (χ2n) is 5.11. The van der Waals surface area contributed by atoms with E-state index in [-0.39, 0.29) is 6.61 Å². The Morgan fingerprint density at radius 3 is 2.59 bits per heavy atom. The molecule has 3 nitrogen and oxygen atoms in total. The third-order valence-corrected chi connectivity index (χ3v) is 3.81. The van der Waals surface area contributed by atoms with E-state index in [0.29, 0.717) is 6.04 Å². The molecule has 0 unspecified atom stereocenters. The lowest BCUT2D eigenvalue weighted by Gasteiger charge is -2.18. The van der Waals surface area contributed by atoms with E-state index in [9.17, 15) is 5.11 Å². The van der Waals surface area contributed by atoms with Gasteiger partial charge in [-0.2, -0.15) is 5.10 Å². The third-order valence-electron chi connectivity index (χ3n) is 3.81. The molecule has 0 aromatic carbocycles. The number of aromatic nitrogens is 2. The molecule has 0 aliphatic heterocycles. The van der Waals surface area contributed by atoms with Gasteiger partial charge in [-0.15, -0.1) is 0 Å². The number of hydrogen-bond acceptors (Lipinski definition) is 2. The molecule has 1 aromatic heterocycles. The molecule has 2 rings (SSSR count). The highest BCUT2D eigenvalue weighted by molar-refractivity contribution is 5.17. The summed E-state index contributed by atoms with van der Waals surface area (Å²) in [4.78, 5) is 0. The normalized spacial score (nSPS) is 18.2. The fraction of sp³-hybridized carbons (Fsp3) is 0.786. The minimum atomic E-state index is 0.127. The van der Waals surface area contributed by atoms with Crippen LogP contribution < -0.4 is 0 Å². The van der Waals surface area contributed by atoms with Crippen molar-refractivity contribution in [1.82, 2.24) is 9.78 Å². The lowest BCUT2D eigenvalue weighted by Crippen LogP contribution is -2.13. The van der Waals surface area contributed by atoms with E-state index in [1.54, 1.807) is 0 Å². The summed E-state index contributed by atoms with van der Waals surface area (Å²) in [5.41, 5.74) is 2.29. The standard InChI is InChI=1S/C14H24N2O/c1-2-7-14-12(11-17)10-15-16(14)13-8-5-3-4-6-9-13/h10,13,17H,2-9,11H2,1H3. The van der Waals surface area contributed by atoms with Gasteiger partial charge in [-0.1, -0.05) is 39.0 Å². The molecule has 3 heteroatoms. The van der Waals surface area contributed by atoms with Gasteiger partial charge in [-0.05, 0) is 19.3 Å². The molecule has 1 aliphatic carbocycles. The lowest BCUT2D eigenvalue weighted by atomic mass is 10.1. The van der Waals surface area contributed by atoms with Crippen LogP contribution >= 0.6 is 0 Å². The fourth-order valence-electron chi connectivity index (χ4n) is 2.88. The summed E-state index contributed by atoms with van der Waals surface area (Å²) in [7, 11) is 0. The van der Waals surface area contributed by atoms with E-state index < -0.39 is 0 Å². The maximum absolute atomic E-state index is 9.36. The zero-order valence-electron chi connectivity index (χ0n) is 10.9. The van der Waals surface area contributed by atoms with Gasteiger partial charge in [-0.25, -0.2) is 0 Å². The van der Waals surface area contributed by atoms with Crippen LogP contribution in [0.5, 0.6) is 0 Å². The van der Waals surface area contributed by atoms with Gasteiger partial charge < -0.3 is 5.11 Å². The third kappa shape index (κ3) is 2.89. The van der Waals surface area contributed by atoms with Crippen molar-refractivity contribution in [3.05, 3.63) is 17.5 Å². The van der Waals surface area contributed by atoms with Gasteiger partial charge in [0.15, 0.2) is 0 Å². The van der Waals surface area contributed by atoms with Crippen molar-refractivity contribution in [2.75, 3.05) is 0 Å². The summed E-state index contributed by atoms with van der Waals surface area (Å²) < 4.78 is 2.21. The summed E-state index contributed by atoms with van der Waals surface area (Å²) in [5, 5.41) is 13.9. The Morgan fingerprint density at radius 2 is 2.00 bits per heavy atom. The molecule has 1 heterocycles. The van der Waals surface area contributed by atoms with Crippen LogP contribution in [-0.4, -0.2) is 14.9 Å². The van der Waals surface area contributed by atoms with Crippen LogP contribution in [0.2, 0.25) is 0 Å². The molecule has 1 saturated carbocycles. The summed E-state index contributed by atoms with van der Waals surface area (Å²) in [5.74, 6) is 0. The number of nitrogens with zero attached hydrogens (tertiary/aromatic N) is 2. The predicted molar refractivity (Wildman–Crippen MR) is 68.9 cm³/mol. The van der Waals surface area contributed by atoms with Crippen molar-refractivity contribution in [3.8, 4) is 0 Å². The molecule has 0 spiro atoms. The second kappa shape index (κ2) is 6.20. The maximum atomic E-state index is 9.36. The Balaban J connectivity index is 2.20. The van der Waals surface area contributed by atoms with Crippen LogP contribution in [0, 0.1) is 0 Å². The Kier molecular flexibility index (Phi) is 4.60. The van der Waals surface area contributed by atoms with Gasteiger partial charge in [0.2, 0.25) is 0 Å². The Bertz CT molecular complexity index is 338. The predicted octanol–water partition coefficient (Wildman–Crippen LogP) is 3.22. The van der Waals surface area contributed by atoms with E-state index in [4.69, 9.17) is 0 Å². The van der Waals surface area contributed by atoms with Gasteiger partial charge >= 0.3 is 0 Å². The first kappa shape index (κ1) is 12.6. The molecular weight excluding hydrogens is 212 g/mol. The van der Waals surface area contributed by atoms with Crippen LogP contribution in [-0.2, 0) is 13.0 Å². The molecule has 0 atom stereocenters. The van der Waals surface area contributed by atoms with E-state index in [0.717, 1.165) is 18.4 Å². The van der Waals surface area contributed by atoms with Gasteiger partial charge in [0.05, 0.1) is 18.8 Å². The molecule has 17 heavy (non-hydrogen) atoms. The molecule has 0 saturated heterocycles. The van der Waals surface area contributed by atoms with E-state index in [2.05, 4.69) is 16.7 Å². The number of aliphatic hydroxyl groups is 1. The molecule has 1 aromatic rings. The average Bonchev–Trinajstić information content (AvgIpc) is 2.58. The number of rotatable bonds is 4. The van der Waals surface area contributed by atoms with E-state index in [1.807, 2.05) is 6.20 Å². The quantitative estimate of drug-likeness (QED) is 0.815. The van der Waals surface area contributed by atoms with Gasteiger partial charge in [0, 0.05) is 11.3 Å². The first-order valence-electron chi connectivity index (χ1n) is 7.03. The van der Waals surface area contributed by atoms with Crippen molar-refractivity contribution in [1.29, 1.82) is 0 Å².